The molecule has 0 N–H and O–H groups in total. The molecule has 0 saturated carbocycles. The van der Waals surface area contributed by atoms with Crippen LogP contribution in [-0.2, 0) is 0 Å². The molecule has 290 valence electrons. The zero-order chi connectivity index (χ0) is 41.0. The van der Waals surface area contributed by atoms with Crippen molar-refractivity contribution in [2.45, 2.75) is 27.7 Å². The van der Waals surface area contributed by atoms with Gasteiger partial charge in [-0.05, 0) is 169 Å². The van der Waals surface area contributed by atoms with Crippen LogP contribution in [0.25, 0.3) is 45.8 Å². The van der Waals surface area contributed by atoms with Gasteiger partial charge in [0.15, 0.2) is 0 Å². The molecule has 0 saturated heterocycles. The molecule has 9 rings (SSSR count). The molecule has 0 fully saturated rings. The van der Waals surface area contributed by atoms with Crippen molar-refractivity contribution in [1.29, 1.82) is 0 Å². The van der Waals surface area contributed by atoms with Crippen molar-refractivity contribution < 1.29 is 0 Å². The minimum atomic E-state index is 1.13. The van der Waals surface area contributed by atoms with Gasteiger partial charge in [0.05, 0.1) is 0 Å². The van der Waals surface area contributed by atoms with E-state index in [9.17, 15) is 0 Å². The summed E-state index contributed by atoms with van der Waals surface area (Å²) in [6, 6.07) is 70.6. The minimum Gasteiger partial charge on any atom is -0.311 e. The van der Waals surface area contributed by atoms with E-state index in [0.29, 0.717) is 0 Å². The molecular formula is C58H48N2. The summed E-state index contributed by atoms with van der Waals surface area (Å²) in [6.45, 7) is 8.51. The second-order valence-electron chi connectivity index (χ2n) is 15.9. The highest BCUT2D eigenvalue weighted by atomic mass is 15.1. The summed E-state index contributed by atoms with van der Waals surface area (Å²) < 4.78 is 0. The first-order valence-electron chi connectivity index (χ1n) is 20.7. The first-order chi connectivity index (χ1) is 29.3. The standard InChI is InChI=1S/C58H48N2/c1-41-5-25-53(26-6-41)59(54-27-7-42(2)8-28-54)57-33-19-45(20-34-57)13-15-47-17-23-49-40-52-38-48(18-24-50(52)39-51(49)37-47)16-14-46-21-35-58(36-22-46)60(55-29-9-43(3)10-30-55)56-31-11-44(4)12-32-56/h5-40H,1-4H3/b15-13+,16-14+. The van der Waals surface area contributed by atoms with E-state index >= 15 is 0 Å². The summed E-state index contributed by atoms with van der Waals surface area (Å²) in [5.74, 6) is 0. The first kappa shape index (κ1) is 38.1. The zero-order valence-electron chi connectivity index (χ0n) is 34.7. The van der Waals surface area contributed by atoms with Crippen LogP contribution in [0.1, 0.15) is 44.5 Å². The van der Waals surface area contributed by atoms with Gasteiger partial charge < -0.3 is 9.80 Å². The monoisotopic (exact) mass is 772 g/mol. The van der Waals surface area contributed by atoms with Gasteiger partial charge in [0.2, 0.25) is 0 Å². The van der Waals surface area contributed by atoms with Crippen LogP contribution >= 0.6 is 0 Å². The molecule has 2 nitrogen and oxygen atoms in total. The Morgan fingerprint density at radius 1 is 0.233 bits per heavy atom. The second-order valence-corrected chi connectivity index (χ2v) is 15.9. The quantitative estimate of drug-likeness (QED) is 0.101. The predicted molar refractivity (Wildman–Crippen MR) is 261 cm³/mol. The van der Waals surface area contributed by atoms with E-state index in [1.54, 1.807) is 0 Å². The Morgan fingerprint density at radius 2 is 0.467 bits per heavy atom. The van der Waals surface area contributed by atoms with Crippen molar-refractivity contribution in [3.63, 3.8) is 0 Å². The number of hydrogen-bond acceptors (Lipinski definition) is 2. The van der Waals surface area contributed by atoms with Crippen molar-refractivity contribution >= 4 is 80.0 Å². The molecule has 0 amide bonds. The zero-order valence-corrected chi connectivity index (χ0v) is 34.7. The Kier molecular flexibility index (Phi) is 10.7. The van der Waals surface area contributed by atoms with Crippen molar-refractivity contribution in [3.05, 3.63) is 239 Å². The van der Waals surface area contributed by atoms with Gasteiger partial charge >= 0.3 is 0 Å². The first-order valence-corrected chi connectivity index (χ1v) is 20.7. The maximum absolute atomic E-state index is 2.31. The Balaban J connectivity index is 0.902. The number of aryl methyl sites for hydroxylation is 4. The van der Waals surface area contributed by atoms with Gasteiger partial charge in [-0.1, -0.05) is 144 Å². The number of anilines is 6. The van der Waals surface area contributed by atoms with Crippen molar-refractivity contribution in [2.24, 2.45) is 0 Å². The summed E-state index contributed by atoms with van der Waals surface area (Å²) in [4.78, 5) is 4.62. The number of hydrogen-bond donors (Lipinski definition) is 0. The molecule has 0 aliphatic heterocycles. The number of rotatable bonds is 10. The van der Waals surface area contributed by atoms with Gasteiger partial charge in [0, 0.05) is 34.1 Å². The molecule has 9 aromatic rings. The molecule has 0 radical (unpaired) electrons. The van der Waals surface area contributed by atoms with Crippen LogP contribution in [0.2, 0.25) is 0 Å². The Labute approximate surface area is 354 Å². The van der Waals surface area contributed by atoms with E-state index in [1.807, 2.05) is 0 Å². The van der Waals surface area contributed by atoms with Gasteiger partial charge in [-0.25, -0.2) is 0 Å². The predicted octanol–water partition coefficient (Wildman–Crippen LogP) is 16.5. The van der Waals surface area contributed by atoms with Crippen LogP contribution in [0.15, 0.2) is 194 Å². The van der Waals surface area contributed by atoms with E-state index in [0.717, 1.165) is 45.3 Å². The minimum absolute atomic E-state index is 1.13. The van der Waals surface area contributed by atoms with Crippen molar-refractivity contribution in [2.75, 3.05) is 9.80 Å². The topological polar surface area (TPSA) is 6.48 Å². The van der Waals surface area contributed by atoms with E-state index < -0.39 is 0 Å². The summed E-state index contributed by atoms with van der Waals surface area (Å²) in [5.41, 5.74) is 16.5. The van der Waals surface area contributed by atoms with E-state index in [2.05, 4.69) is 256 Å². The molecular weight excluding hydrogens is 725 g/mol. The molecule has 0 aliphatic carbocycles. The van der Waals surface area contributed by atoms with Gasteiger partial charge in [0.25, 0.3) is 0 Å². The fourth-order valence-electron chi connectivity index (χ4n) is 7.77. The molecule has 0 heterocycles. The highest BCUT2D eigenvalue weighted by Crippen LogP contribution is 2.37. The summed E-state index contributed by atoms with van der Waals surface area (Å²) in [6.07, 6.45) is 8.81. The molecule has 2 heteroatoms. The normalized spacial score (nSPS) is 11.5. The molecule has 60 heavy (non-hydrogen) atoms. The van der Waals surface area contributed by atoms with Crippen LogP contribution < -0.4 is 9.80 Å². The molecule has 9 aromatic carbocycles. The average Bonchev–Trinajstić information content (AvgIpc) is 3.28. The maximum Gasteiger partial charge on any atom is 0.0462 e. The second kappa shape index (κ2) is 16.8. The van der Waals surface area contributed by atoms with Crippen LogP contribution in [0.4, 0.5) is 34.1 Å². The third kappa shape index (κ3) is 8.55. The van der Waals surface area contributed by atoms with Gasteiger partial charge in [-0.15, -0.1) is 0 Å². The SMILES string of the molecule is Cc1ccc(N(c2ccc(C)cc2)c2ccc(/C=C/c3ccc4cc5cc(/C=C/c6ccc(N(c7ccc(C)cc7)c7ccc(C)cc7)cc6)ccc5cc4c3)cc2)cc1. The fourth-order valence-corrected chi connectivity index (χ4v) is 7.77. The van der Waals surface area contributed by atoms with Gasteiger partial charge in [-0.2, -0.15) is 0 Å². The molecule has 0 spiro atoms. The number of fused-ring (bicyclic) bond motifs is 2. The lowest BCUT2D eigenvalue weighted by molar-refractivity contribution is 1.27. The van der Waals surface area contributed by atoms with E-state index in [1.165, 1.54) is 54.9 Å². The molecule has 0 aromatic heterocycles. The molecule has 0 atom stereocenters. The molecule has 0 aliphatic rings. The summed E-state index contributed by atoms with van der Waals surface area (Å²) >= 11 is 0. The summed E-state index contributed by atoms with van der Waals surface area (Å²) in [5, 5.41) is 4.94. The van der Waals surface area contributed by atoms with Crippen LogP contribution in [0.3, 0.4) is 0 Å². The van der Waals surface area contributed by atoms with E-state index in [4.69, 9.17) is 0 Å². The Hall–Kier alpha value is -7.42. The largest absolute Gasteiger partial charge is 0.311 e. The highest BCUT2D eigenvalue weighted by Gasteiger charge is 2.14. The number of benzene rings is 9. The van der Waals surface area contributed by atoms with Crippen molar-refractivity contribution in [1.82, 2.24) is 0 Å². The highest BCUT2D eigenvalue weighted by molar-refractivity contribution is 6.00. The van der Waals surface area contributed by atoms with Crippen molar-refractivity contribution in [3.8, 4) is 0 Å². The molecule has 0 bridgehead atoms. The van der Waals surface area contributed by atoms with Gasteiger partial charge in [0.1, 0.15) is 0 Å². The average molecular weight is 773 g/mol. The third-order valence-electron chi connectivity index (χ3n) is 11.3. The van der Waals surface area contributed by atoms with Crippen LogP contribution in [-0.4, -0.2) is 0 Å². The third-order valence-corrected chi connectivity index (χ3v) is 11.3. The Bertz CT molecular complexity index is 2660. The summed E-state index contributed by atoms with van der Waals surface area (Å²) in [7, 11) is 0. The fraction of sp³-hybridized carbons (Fsp3) is 0.0690. The smallest absolute Gasteiger partial charge is 0.0462 e. The van der Waals surface area contributed by atoms with E-state index in [-0.39, 0.29) is 0 Å². The van der Waals surface area contributed by atoms with Gasteiger partial charge in [-0.3, -0.25) is 0 Å². The van der Waals surface area contributed by atoms with Crippen LogP contribution in [0, 0.1) is 27.7 Å². The molecule has 0 unspecified atom stereocenters. The Morgan fingerprint density at radius 3 is 0.750 bits per heavy atom. The van der Waals surface area contributed by atoms with Crippen LogP contribution in [0.5, 0.6) is 0 Å². The lowest BCUT2D eigenvalue weighted by Gasteiger charge is -2.25. The lowest BCUT2D eigenvalue weighted by Crippen LogP contribution is -2.09. The maximum atomic E-state index is 2.31. The number of nitrogens with zero attached hydrogens (tertiary/aromatic N) is 2. The lowest BCUT2D eigenvalue weighted by atomic mass is 9.99.